The Hall–Kier alpha value is -3.42. The number of esters is 1. The number of nitro groups is 1. The summed E-state index contributed by atoms with van der Waals surface area (Å²) < 4.78 is 10.0. The average molecular weight is 317 g/mol. The number of benzene rings is 2. The van der Waals surface area contributed by atoms with Gasteiger partial charge in [0.25, 0.3) is 0 Å². The van der Waals surface area contributed by atoms with Crippen LogP contribution in [0.15, 0.2) is 42.5 Å². The molecule has 0 aliphatic rings. The molecule has 118 valence electrons. The first-order chi connectivity index (χ1) is 10.9. The van der Waals surface area contributed by atoms with Crippen molar-refractivity contribution < 1.29 is 29.1 Å². The van der Waals surface area contributed by atoms with Gasteiger partial charge in [-0.1, -0.05) is 12.1 Å². The number of carboxylic acid groups (broad SMARTS) is 1. The quantitative estimate of drug-likeness (QED) is 0.512. The number of rotatable bonds is 5. The van der Waals surface area contributed by atoms with Crippen molar-refractivity contribution in [1.82, 2.24) is 0 Å². The topological polar surface area (TPSA) is 116 Å². The molecule has 0 aromatic heterocycles. The molecule has 8 nitrogen and oxygen atoms in total. The summed E-state index contributed by atoms with van der Waals surface area (Å²) in [5.41, 5.74) is -0.679. The lowest BCUT2D eigenvalue weighted by Gasteiger charge is -2.10. The van der Waals surface area contributed by atoms with E-state index in [-0.39, 0.29) is 22.6 Å². The summed E-state index contributed by atoms with van der Waals surface area (Å²) in [6, 6.07) is 9.28. The van der Waals surface area contributed by atoms with Crippen LogP contribution in [-0.2, 0) is 4.74 Å². The highest BCUT2D eigenvalue weighted by atomic mass is 16.6. The van der Waals surface area contributed by atoms with Gasteiger partial charge < -0.3 is 14.6 Å². The van der Waals surface area contributed by atoms with Crippen LogP contribution in [0, 0.1) is 10.1 Å². The number of methoxy groups -OCH3 is 1. The van der Waals surface area contributed by atoms with E-state index < -0.39 is 22.5 Å². The van der Waals surface area contributed by atoms with Crippen molar-refractivity contribution in [2.24, 2.45) is 0 Å². The van der Waals surface area contributed by atoms with Crippen molar-refractivity contribution >= 4 is 17.6 Å². The minimum absolute atomic E-state index is 0.0607. The highest BCUT2D eigenvalue weighted by Gasteiger charge is 2.21. The zero-order chi connectivity index (χ0) is 17.0. The SMILES string of the molecule is COC(=O)c1ccccc1Oc1ccc(C(=O)O)cc1[N+](=O)[O-]. The van der Waals surface area contributed by atoms with Gasteiger partial charge in [-0.05, 0) is 24.3 Å². The fourth-order valence-electron chi connectivity index (χ4n) is 1.83. The molecule has 0 radical (unpaired) electrons. The van der Waals surface area contributed by atoms with E-state index in [1.807, 2.05) is 0 Å². The minimum Gasteiger partial charge on any atom is -0.478 e. The third-order valence-electron chi connectivity index (χ3n) is 2.91. The summed E-state index contributed by atoms with van der Waals surface area (Å²) in [6.45, 7) is 0. The van der Waals surface area contributed by atoms with E-state index >= 15 is 0 Å². The van der Waals surface area contributed by atoms with Crippen molar-refractivity contribution in [3.8, 4) is 11.5 Å². The van der Waals surface area contributed by atoms with Crippen LogP contribution in [0.2, 0.25) is 0 Å². The monoisotopic (exact) mass is 317 g/mol. The summed E-state index contributed by atoms with van der Waals surface area (Å²) in [5, 5.41) is 20.0. The smallest absolute Gasteiger partial charge is 0.341 e. The van der Waals surface area contributed by atoms with Crippen LogP contribution in [0.4, 0.5) is 5.69 Å². The third kappa shape index (κ3) is 3.43. The van der Waals surface area contributed by atoms with Crippen LogP contribution in [0.25, 0.3) is 0 Å². The third-order valence-corrected chi connectivity index (χ3v) is 2.91. The van der Waals surface area contributed by atoms with Gasteiger partial charge in [-0.3, -0.25) is 10.1 Å². The van der Waals surface area contributed by atoms with Crippen molar-refractivity contribution in [1.29, 1.82) is 0 Å². The van der Waals surface area contributed by atoms with E-state index in [0.717, 1.165) is 12.1 Å². The Morgan fingerprint density at radius 2 is 1.83 bits per heavy atom. The van der Waals surface area contributed by atoms with Gasteiger partial charge in [0, 0.05) is 6.07 Å². The molecule has 0 unspecified atom stereocenters. The number of hydrogen-bond acceptors (Lipinski definition) is 6. The van der Waals surface area contributed by atoms with Gasteiger partial charge >= 0.3 is 17.6 Å². The van der Waals surface area contributed by atoms with Gasteiger partial charge in [0.1, 0.15) is 11.3 Å². The first-order valence-corrected chi connectivity index (χ1v) is 6.31. The Labute approximate surface area is 130 Å². The molecule has 0 atom stereocenters. The number of aromatic carboxylic acids is 1. The van der Waals surface area contributed by atoms with Crippen LogP contribution in [0.5, 0.6) is 11.5 Å². The Morgan fingerprint density at radius 1 is 1.13 bits per heavy atom. The molecule has 8 heteroatoms. The molecular weight excluding hydrogens is 306 g/mol. The van der Waals surface area contributed by atoms with Crippen molar-refractivity contribution in [2.75, 3.05) is 7.11 Å². The van der Waals surface area contributed by atoms with Crippen LogP contribution in [0.3, 0.4) is 0 Å². The molecule has 0 spiro atoms. The zero-order valence-corrected chi connectivity index (χ0v) is 11.9. The molecule has 0 saturated carbocycles. The van der Waals surface area contributed by atoms with Crippen LogP contribution >= 0.6 is 0 Å². The first kappa shape index (κ1) is 16.0. The number of hydrogen-bond donors (Lipinski definition) is 1. The fourth-order valence-corrected chi connectivity index (χ4v) is 1.83. The summed E-state index contributed by atoms with van der Waals surface area (Å²) in [5.74, 6) is -2.08. The summed E-state index contributed by atoms with van der Waals surface area (Å²) >= 11 is 0. The molecule has 0 saturated heterocycles. The zero-order valence-electron chi connectivity index (χ0n) is 11.9. The Bertz CT molecular complexity index is 785. The number of carbonyl (C=O) groups excluding carboxylic acids is 1. The molecule has 0 fully saturated rings. The Morgan fingerprint density at radius 3 is 2.43 bits per heavy atom. The van der Waals surface area contributed by atoms with Crippen LogP contribution < -0.4 is 4.74 Å². The standard InChI is InChI=1S/C15H11NO7/c1-22-15(19)10-4-2-3-5-12(10)23-13-7-6-9(14(17)18)8-11(13)16(20)21/h2-8H,1H3,(H,17,18). The van der Waals surface area contributed by atoms with Crippen molar-refractivity contribution in [2.45, 2.75) is 0 Å². The molecule has 2 rings (SSSR count). The summed E-state index contributed by atoms with van der Waals surface area (Å²) in [7, 11) is 1.20. The number of nitrogens with zero attached hydrogens (tertiary/aromatic N) is 1. The molecule has 0 amide bonds. The van der Waals surface area contributed by atoms with E-state index in [2.05, 4.69) is 4.74 Å². The van der Waals surface area contributed by atoms with Gasteiger partial charge in [0.05, 0.1) is 17.6 Å². The minimum atomic E-state index is -1.30. The maximum Gasteiger partial charge on any atom is 0.341 e. The lowest BCUT2D eigenvalue weighted by Crippen LogP contribution is -2.04. The van der Waals surface area contributed by atoms with Gasteiger partial charge in [-0.25, -0.2) is 9.59 Å². The normalized spacial score (nSPS) is 9.96. The molecule has 0 aliphatic carbocycles. The van der Waals surface area contributed by atoms with E-state index in [9.17, 15) is 19.7 Å². The van der Waals surface area contributed by atoms with E-state index in [1.165, 1.54) is 25.3 Å². The molecule has 2 aromatic rings. The molecule has 0 aliphatic heterocycles. The number of nitro benzene ring substituents is 1. The Balaban J connectivity index is 2.47. The molecule has 0 heterocycles. The van der Waals surface area contributed by atoms with Gasteiger partial charge in [0.2, 0.25) is 5.75 Å². The first-order valence-electron chi connectivity index (χ1n) is 6.31. The number of para-hydroxylation sites is 1. The predicted molar refractivity (Wildman–Crippen MR) is 77.9 cm³/mol. The lowest BCUT2D eigenvalue weighted by molar-refractivity contribution is -0.385. The van der Waals surface area contributed by atoms with E-state index in [1.54, 1.807) is 12.1 Å². The Kier molecular flexibility index (Phi) is 4.55. The number of carboxylic acids is 1. The average Bonchev–Trinajstić information content (AvgIpc) is 2.54. The van der Waals surface area contributed by atoms with Crippen LogP contribution in [-0.4, -0.2) is 29.1 Å². The number of ether oxygens (including phenoxy) is 2. The second-order valence-electron chi connectivity index (χ2n) is 4.33. The molecule has 2 aromatic carbocycles. The summed E-state index contributed by atoms with van der Waals surface area (Å²) in [6.07, 6.45) is 0. The van der Waals surface area contributed by atoms with E-state index in [4.69, 9.17) is 9.84 Å². The van der Waals surface area contributed by atoms with Gasteiger partial charge in [0.15, 0.2) is 0 Å². The van der Waals surface area contributed by atoms with E-state index in [0.29, 0.717) is 0 Å². The highest BCUT2D eigenvalue weighted by Crippen LogP contribution is 2.33. The molecule has 1 N–H and O–H groups in total. The predicted octanol–water partition coefficient (Wildman–Crippen LogP) is 2.87. The fraction of sp³-hybridized carbons (Fsp3) is 0.0667. The highest BCUT2D eigenvalue weighted by molar-refractivity contribution is 5.92. The van der Waals surface area contributed by atoms with Crippen LogP contribution in [0.1, 0.15) is 20.7 Å². The maximum absolute atomic E-state index is 11.7. The lowest BCUT2D eigenvalue weighted by atomic mass is 10.1. The maximum atomic E-state index is 11.7. The van der Waals surface area contributed by atoms with Gasteiger partial charge in [-0.2, -0.15) is 0 Å². The number of carbonyl (C=O) groups is 2. The largest absolute Gasteiger partial charge is 0.478 e. The second-order valence-corrected chi connectivity index (χ2v) is 4.33. The van der Waals surface area contributed by atoms with Gasteiger partial charge in [-0.15, -0.1) is 0 Å². The molecule has 23 heavy (non-hydrogen) atoms. The second kappa shape index (κ2) is 6.56. The molecule has 0 bridgehead atoms. The van der Waals surface area contributed by atoms with Crippen molar-refractivity contribution in [3.63, 3.8) is 0 Å². The van der Waals surface area contributed by atoms with Crippen molar-refractivity contribution in [3.05, 3.63) is 63.7 Å². The summed E-state index contributed by atoms with van der Waals surface area (Å²) in [4.78, 5) is 32.9. The molecular formula is C15H11NO7.